The average molecular weight is 198 g/mol. The van der Waals surface area contributed by atoms with Gasteiger partial charge in [0.15, 0.2) is 0 Å². The van der Waals surface area contributed by atoms with Crippen molar-refractivity contribution in [3.05, 3.63) is 17.2 Å². The first-order valence-electron chi connectivity index (χ1n) is 4.22. The highest BCUT2D eigenvalue weighted by Gasteiger charge is 2.11. The molecule has 2 nitrogen and oxygen atoms in total. The van der Waals surface area contributed by atoms with Gasteiger partial charge in [-0.1, -0.05) is 6.92 Å². The number of rotatable bonds is 2. The largest absolute Gasteiger partial charge is 0.507 e. The number of hydrogen-bond donors (Lipinski definition) is 2. The van der Waals surface area contributed by atoms with Crippen LogP contribution >= 0.6 is 11.8 Å². The van der Waals surface area contributed by atoms with Gasteiger partial charge < -0.3 is 10.2 Å². The number of aryl methyl sites for hydroxylation is 1. The molecule has 0 heterocycles. The molecule has 0 aliphatic heterocycles. The Kier molecular flexibility index (Phi) is 3.09. The van der Waals surface area contributed by atoms with E-state index in [1.54, 1.807) is 24.8 Å². The van der Waals surface area contributed by atoms with Crippen LogP contribution in [0.25, 0.3) is 0 Å². The van der Waals surface area contributed by atoms with Crippen LogP contribution in [0.15, 0.2) is 11.0 Å². The molecule has 0 bridgehead atoms. The topological polar surface area (TPSA) is 40.5 Å². The van der Waals surface area contributed by atoms with Gasteiger partial charge in [-0.25, -0.2) is 0 Å². The lowest BCUT2D eigenvalue weighted by atomic mass is 10.1. The molecule has 3 heteroatoms. The van der Waals surface area contributed by atoms with Crippen molar-refractivity contribution in [3.63, 3.8) is 0 Å². The van der Waals surface area contributed by atoms with Gasteiger partial charge in [-0.2, -0.15) is 0 Å². The van der Waals surface area contributed by atoms with Crippen LogP contribution in [0.3, 0.4) is 0 Å². The van der Waals surface area contributed by atoms with Gasteiger partial charge in [0, 0.05) is 5.56 Å². The summed E-state index contributed by atoms with van der Waals surface area (Å²) in [6, 6.07) is 1.60. The molecule has 0 unspecified atom stereocenters. The highest BCUT2D eigenvalue weighted by molar-refractivity contribution is 7.99. The summed E-state index contributed by atoms with van der Waals surface area (Å²) in [5.74, 6) is 1.44. The Hall–Kier alpha value is -0.830. The fraction of sp³-hybridized carbons (Fsp3) is 0.400. The highest BCUT2D eigenvalue weighted by atomic mass is 32.2. The van der Waals surface area contributed by atoms with Crippen molar-refractivity contribution < 1.29 is 10.2 Å². The molecule has 13 heavy (non-hydrogen) atoms. The van der Waals surface area contributed by atoms with Crippen LogP contribution in [-0.4, -0.2) is 16.0 Å². The van der Waals surface area contributed by atoms with E-state index in [-0.39, 0.29) is 11.5 Å². The molecule has 0 radical (unpaired) electrons. The molecule has 0 atom stereocenters. The van der Waals surface area contributed by atoms with Crippen molar-refractivity contribution in [2.45, 2.75) is 25.7 Å². The smallest absolute Gasteiger partial charge is 0.129 e. The van der Waals surface area contributed by atoms with Crippen LogP contribution in [0, 0.1) is 13.8 Å². The third-order valence-corrected chi connectivity index (χ3v) is 3.04. The fourth-order valence-electron chi connectivity index (χ4n) is 1.26. The van der Waals surface area contributed by atoms with E-state index in [2.05, 4.69) is 0 Å². The number of phenolic OH excluding ortho intramolecular Hbond substituents is 2. The minimum atomic E-state index is 0.264. The SMILES string of the molecule is CCSc1c(O)cc(C)c(O)c1C. The zero-order chi connectivity index (χ0) is 10.0. The normalized spacial score (nSPS) is 10.4. The summed E-state index contributed by atoms with van der Waals surface area (Å²) in [6.07, 6.45) is 0. The third kappa shape index (κ3) is 1.91. The van der Waals surface area contributed by atoms with Crippen molar-refractivity contribution in [1.82, 2.24) is 0 Å². The van der Waals surface area contributed by atoms with Crippen molar-refractivity contribution >= 4 is 11.8 Å². The Morgan fingerprint density at radius 2 is 1.92 bits per heavy atom. The number of phenols is 2. The second-order valence-corrected chi connectivity index (χ2v) is 4.22. The molecular weight excluding hydrogens is 184 g/mol. The molecule has 0 aliphatic carbocycles. The maximum Gasteiger partial charge on any atom is 0.129 e. The number of benzene rings is 1. The number of hydrogen-bond acceptors (Lipinski definition) is 3. The summed E-state index contributed by atoms with van der Waals surface area (Å²) in [5, 5.41) is 19.2. The monoisotopic (exact) mass is 198 g/mol. The molecule has 1 aromatic carbocycles. The number of thioether (sulfide) groups is 1. The Bertz CT molecular complexity index is 321. The van der Waals surface area contributed by atoms with Gasteiger partial charge in [0.2, 0.25) is 0 Å². The van der Waals surface area contributed by atoms with E-state index in [1.807, 2.05) is 13.8 Å². The van der Waals surface area contributed by atoms with Crippen molar-refractivity contribution in [3.8, 4) is 11.5 Å². The molecule has 0 spiro atoms. The lowest BCUT2D eigenvalue weighted by Gasteiger charge is -2.10. The van der Waals surface area contributed by atoms with E-state index in [0.717, 1.165) is 21.8 Å². The Morgan fingerprint density at radius 3 is 2.46 bits per heavy atom. The summed E-state index contributed by atoms with van der Waals surface area (Å²) in [6.45, 7) is 5.61. The quantitative estimate of drug-likeness (QED) is 0.567. The average Bonchev–Trinajstić information content (AvgIpc) is 2.09. The predicted molar refractivity (Wildman–Crippen MR) is 55.6 cm³/mol. The fourth-order valence-corrected chi connectivity index (χ4v) is 2.07. The van der Waals surface area contributed by atoms with E-state index in [1.165, 1.54) is 0 Å². The first-order chi connectivity index (χ1) is 6.07. The van der Waals surface area contributed by atoms with Gasteiger partial charge in [-0.05, 0) is 31.2 Å². The van der Waals surface area contributed by atoms with Crippen LogP contribution in [-0.2, 0) is 0 Å². The van der Waals surface area contributed by atoms with Crippen LogP contribution in [0.1, 0.15) is 18.1 Å². The molecule has 72 valence electrons. The lowest BCUT2D eigenvalue weighted by molar-refractivity contribution is 0.441. The molecule has 0 amide bonds. The van der Waals surface area contributed by atoms with Crippen molar-refractivity contribution in [1.29, 1.82) is 0 Å². The first kappa shape index (κ1) is 10.3. The molecule has 0 saturated carbocycles. The molecule has 2 N–H and O–H groups in total. The standard InChI is InChI=1S/C10H14O2S/c1-4-13-10-7(3)9(12)6(2)5-8(10)11/h5,11-12H,4H2,1-3H3. The molecule has 1 aromatic rings. The van der Waals surface area contributed by atoms with Gasteiger partial charge in [0.05, 0.1) is 4.90 Å². The summed E-state index contributed by atoms with van der Waals surface area (Å²) in [7, 11) is 0. The maximum atomic E-state index is 9.61. The van der Waals surface area contributed by atoms with E-state index in [4.69, 9.17) is 0 Å². The van der Waals surface area contributed by atoms with E-state index >= 15 is 0 Å². The van der Waals surface area contributed by atoms with Gasteiger partial charge >= 0.3 is 0 Å². The van der Waals surface area contributed by atoms with Crippen molar-refractivity contribution in [2.75, 3.05) is 5.75 Å². The van der Waals surface area contributed by atoms with Crippen molar-refractivity contribution in [2.24, 2.45) is 0 Å². The highest BCUT2D eigenvalue weighted by Crippen LogP contribution is 2.38. The zero-order valence-corrected chi connectivity index (χ0v) is 8.90. The minimum absolute atomic E-state index is 0.264. The summed E-state index contributed by atoms with van der Waals surface area (Å²) in [4.78, 5) is 0.783. The van der Waals surface area contributed by atoms with Gasteiger partial charge in [-0.15, -0.1) is 11.8 Å². The van der Waals surface area contributed by atoms with Gasteiger partial charge in [-0.3, -0.25) is 0 Å². The van der Waals surface area contributed by atoms with Crippen LogP contribution in [0.5, 0.6) is 11.5 Å². The second-order valence-electron chi connectivity index (χ2n) is 2.95. The molecule has 1 rings (SSSR count). The minimum Gasteiger partial charge on any atom is -0.507 e. The van der Waals surface area contributed by atoms with E-state index in [9.17, 15) is 10.2 Å². The lowest BCUT2D eigenvalue weighted by Crippen LogP contribution is -1.86. The Balaban J connectivity index is 3.26. The van der Waals surface area contributed by atoms with Crippen LogP contribution < -0.4 is 0 Å². The summed E-state index contributed by atoms with van der Waals surface area (Å²) in [5.41, 5.74) is 1.49. The summed E-state index contributed by atoms with van der Waals surface area (Å²) >= 11 is 1.54. The molecule has 0 aliphatic rings. The molecule has 0 fully saturated rings. The number of aromatic hydroxyl groups is 2. The van der Waals surface area contributed by atoms with Crippen LogP contribution in [0.4, 0.5) is 0 Å². The molecule has 0 aromatic heterocycles. The molecule has 0 saturated heterocycles. The van der Waals surface area contributed by atoms with Gasteiger partial charge in [0.25, 0.3) is 0 Å². The van der Waals surface area contributed by atoms with Crippen LogP contribution in [0.2, 0.25) is 0 Å². The summed E-state index contributed by atoms with van der Waals surface area (Å²) < 4.78 is 0. The van der Waals surface area contributed by atoms with Gasteiger partial charge in [0.1, 0.15) is 11.5 Å². The zero-order valence-electron chi connectivity index (χ0n) is 8.09. The third-order valence-electron chi connectivity index (χ3n) is 1.94. The van der Waals surface area contributed by atoms with E-state index in [0.29, 0.717) is 0 Å². The second kappa shape index (κ2) is 3.92. The first-order valence-corrected chi connectivity index (χ1v) is 5.21. The Morgan fingerprint density at radius 1 is 1.31 bits per heavy atom. The predicted octanol–water partition coefficient (Wildman–Crippen LogP) is 2.83. The van der Waals surface area contributed by atoms with E-state index < -0.39 is 0 Å². The maximum absolute atomic E-state index is 9.61. The molecular formula is C10H14O2S. The Labute approximate surface area is 82.6 Å².